The van der Waals surface area contributed by atoms with Crippen molar-refractivity contribution < 1.29 is 0 Å². The van der Waals surface area contributed by atoms with E-state index in [1.54, 1.807) is 0 Å². The van der Waals surface area contributed by atoms with Crippen LogP contribution in [0.15, 0.2) is 24.3 Å². The van der Waals surface area contributed by atoms with Gasteiger partial charge in [-0.3, -0.25) is 4.90 Å². The van der Waals surface area contributed by atoms with Gasteiger partial charge in [0, 0.05) is 24.2 Å². The summed E-state index contributed by atoms with van der Waals surface area (Å²) in [7, 11) is 0. The van der Waals surface area contributed by atoms with E-state index in [0.29, 0.717) is 0 Å². The first-order chi connectivity index (χ1) is 9.33. The van der Waals surface area contributed by atoms with Crippen molar-refractivity contribution in [2.45, 2.75) is 38.3 Å². The van der Waals surface area contributed by atoms with E-state index in [1.165, 1.54) is 50.9 Å². The molecule has 1 saturated heterocycles. The molecule has 1 aliphatic carbocycles. The van der Waals surface area contributed by atoms with Crippen LogP contribution in [-0.4, -0.2) is 30.6 Å². The Balaban J connectivity index is 1.62. The summed E-state index contributed by atoms with van der Waals surface area (Å²) in [6.07, 6.45) is 5.43. The highest BCUT2D eigenvalue weighted by molar-refractivity contribution is 6.31. The van der Waals surface area contributed by atoms with Crippen LogP contribution in [0.1, 0.15) is 31.2 Å². The highest BCUT2D eigenvalue weighted by atomic mass is 35.5. The summed E-state index contributed by atoms with van der Waals surface area (Å²) in [6, 6.07) is 9.08. The van der Waals surface area contributed by atoms with Crippen molar-refractivity contribution in [3.8, 4) is 0 Å². The molecular formula is C16H23ClN2. The number of nitrogens with one attached hydrogen (secondary N) is 1. The van der Waals surface area contributed by atoms with Gasteiger partial charge in [0.15, 0.2) is 0 Å². The second-order valence-electron chi connectivity index (χ2n) is 5.96. The molecule has 0 spiro atoms. The van der Waals surface area contributed by atoms with Crippen LogP contribution >= 0.6 is 11.6 Å². The van der Waals surface area contributed by atoms with Crippen LogP contribution in [0.5, 0.6) is 0 Å². The van der Waals surface area contributed by atoms with Gasteiger partial charge in [-0.1, -0.05) is 29.8 Å². The van der Waals surface area contributed by atoms with Crippen LogP contribution in [0, 0.1) is 5.92 Å². The number of nitrogens with zero attached hydrogens (tertiary/aromatic N) is 1. The summed E-state index contributed by atoms with van der Waals surface area (Å²) < 4.78 is 0. The molecule has 0 bridgehead atoms. The maximum absolute atomic E-state index is 6.30. The number of hydrogen-bond acceptors (Lipinski definition) is 2. The highest BCUT2D eigenvalue weighted by Gasteiger charge is 2.31. The lowest BCUT2D eigenvalue weighted by Crippen LogP contribution is -2.39. The van der Waals surface area contributed by atoms with Crippen molar-refractivity contribution in [3.63, 3.8) is 0 Å². The summed E-state index contributed by atoms with van der Waals surface area (Å²) in [6.45, 7) is 4.62. The van der Waals surface area contributed by atoms with Crippen LogP contribution in [0.3, 0.4) is 0 Å². The average molecular weight is 279 g/mol. The normalized spacial score (nSPS) is 23.8. The van der Waals surface area contributed by atoms with E-state index in [-0.39, 0.29) is 0 Å². The fourth-order valence-corrected chi connectivity index (χ4v) is 3.23. The molecule has 2 nitrogen and oxygen atoms in total. The summed E-state index contributed by atoms with van der Waals surface area (Å²) in [5.74, 6) is 0.817. The van der Waals surface area contributed by atoms with E-state index in [0.717, 1.165) is 23.5 Å². The zero-order chi connectivity index (χ0) is 13.1. The molecular weight excluding hydrogens is 256 g/mol. The first-order valence-electron chi connectivity index (χ1n) is 7.51. The largest absolute Gasteiger partial charge is 0.316 e. The molecule has 0 amide bonds. The van der Waals surface area contributed by atoms with E-state index in [1.807, 2.05) is 12.1 Å². The molecule has 2 fully saturated rings. The predicted octanol–water partition coefficient (Wildman–Crippen LogP) is 3.30. The molecule has 1 aromatic rings. The van der Waals surface area contributed by atoms with Crippen LogP contribution in [0.25, 0.3) is 0 Å². The molecule has 1 N–H and O–H groups in total. The number of hydrogen-bond donors (Lipinski definition) is 1. The Morgan fingerprint density at radius 1 is 1.21 bits per heavy atom. The third-order valence-corrected chi connectivity index (χ3v) is 4.65. The van der Waals surface area contributed by atoms with Gasteiger partial charge >= 0.3 is 0 Å². The highest BCUT2D eigenvalue weighted by Crippen LogP contribution is 2.31. The van der Waals surface area contributed by atoms with E-state index >= 15 is 0 Å². The summed E-state index contributed by atoms with van der Waals surface area (Å²) in [5, 5.41) is 4.43. The molecule has 1 heterocycles. The Hall–Kier alpha value is -0.570. The Labute approximate surface area is 121 Å². The zero-order valence-corrected chi connectivity index (χ0v) is 12.2. The first kappa shape index (κ1) is 13.4. The van der Waals surface area contributed by atoms with E-state index < -0.39 is 0 Å². The van der Waals surface area contributed by atoms with E-state index in [2.05, 4.69) is 22.3 Å². The molecule has 1 saturated carbocycles. The molecule has 1 aromatic carbocycles. The maximum atomic E-state index is 6.30. The fraction of sp³-hybridized carbons (Fsp3) is 0.625. The predicted molar refractivity (Wildman–Crippen MR) is 80.5 cm³/mol. The Morgan fingerprint density at radius 3 is 2.74 bits per heavy atom. The number of piperidine rings is 1. The van der Waals surface area contributed by atoms with Crippen molar-refractivity contribution in [1.82, 2.24) is 10.2 Å². The Kier molecular flexibility index (Phi) is 4.42. The molecule has 2 aliphatic rings. The molecule has 3 heteroatoms. The maximum Gasteiger partial charge on any atom is 0.0451 e. The van der Waals surface area contributed by atoms with E-state index in [9.17, 15) is 0 Å². The Morgan fingerprint density at radius 2 is 2.05 bits per heavy atom. The topological polar surface area (TPSA) is 15.3 Å². The molecule has 0 aromatic heterocycles. The number of halogens is 1. The third kappa shape index (κ3) is 3.71. The molecule has 1 atom stereocenters. The average Bonchev–Trinajstić information content (AvgIpc) is 3.26. The zero-order valence-electron chi connectivity index (χ0n) is 11.4. The van der Waals surface area contributed by atoms with Crippen molar-refractivity contribution >= 4 is 11.6 Å². The SMILES string of the molecule is Clc1ccccc1CN(CC1CCCNC1)C1CC1. The summed E-state index contributed by atoms with van der Waals surface area (Å²) in [5.41, 5.74) is 1.28. The van der Waals surface area contributed by atoms with Crippen LogP contribution in [0.2, 0.25) is 5.02 Å². The lowest BCUT2D eigenvalue weighted by Gasteiger charge is -2.30. The summed E-state index contributed by atoms with van der Waals surface area (Å²) in [4.78, 5) is 2.65. The van der Waals surface area contributed by atoms with Crippen molar-refractivity contribution in [2.75, 3.05) is 19.6 Å². The van der Waals surface area contributed by atoms with Gasteiger partial charge in [0.1, 0.15) is 0 Å². The first-order valence-corrected chi connectivity index (χ1v) is 7.89. The molecule has 104 valence electrons. The van der Waals surface area contributed by atoms with E-state index in [4.69, 9.17) is 11.6 Å². The van der Waals surface area contributed by atoms with Gasteiger partial charge in [-0.15, -0.1) is 0 Å². The van der Waals surface area contributed by atoms with Gasteiger partial charge in [0.05, 0.1) is 0 Å². The molecule has 19 heavy (non-hydrogen) atoms. The van der Waals surface area contributed by atoms with Crippen LogP contribution in [-0.2, 0) is 6.54 Å². The van der Waals surface area contributed by atoms with Gasteiger partial charge in [0.2, 0.25) is 0 Å². The second-order valence-corrected chi connectivity index (χ2v) is 6.37. The molecule has 0 radical (unpaired) electrons. The lowest BCUT2D eigenvalue weighted by molar-refractivity contribution is 0.193. The number of benzene rings is 1. The van der Waals surface area contributed by atoms with Crippen molar-refractivity contribution in [2.24, 2.45) is 5.92 Å². The minimum Gasteiger partial charge on any atom is -0.316 e. The van der Waals surface area contributed by atoms with Gasteiger partial charge in [0.25, 0.3) is 0 Å². The Bertz CT molecular complexity index is 411. The smallest absolute Gasteiger partial charge is 0.0451 e. The quantitative estimate of drug-likeness (QED) is 0.889. The minimum atomic E-state index is 0.804. The van der Waals surface area contributed by atoms with Crippen LogP contribution < -0.4 is 5.32 Å². The minimum absolute atomic E-state index is 0.804. The number of rotatable bonds is 5. The van der Waals surface area contributed by atoms with Gasteiger partial charge in [-0.05, 0) is 56.3 Å². The lowest BCUT2D eigenvalue weighted by atomic mass is 9.98. The third-order valence-electron chi connectivity index (χ3n) is 4.29. The monoisotopic (exact) mass is 278 g/mol. The molecule has 1 unspecified atom stereocenters. The fourth-order valence-electron chi connectivity index (χ4n) is 3.04. The summed E-state index contributed by atoms with van der Waals surface area (Å²) >= 11 is 6.30. The molecule has 1 aliphatic heterocycles. The van der Waals surface area contributed by atoms with Crippen molar-refractivity contribution in [1.29, 1.82) is 0 Å². The van der Waals surface area contributed by atoms with Gasteiger partial charge in [-0.25, -0.2) is 0 Å². The molecule has 3 rings (SSSR count). The van der Waals surface area contributed by atoms with Crippen LogP contribution in [0.4, 0.5) is 0 Å². The van der Waals surface area contributed by atoms with Crippen molar-refractivity contribution in [3.05, 3.63) is 34.9 Å². The van der Waals surface area contributed by atoms with Gasteiger partial charge in [-0.2, -0.15) is 0 Å². The van der Waals surface area contributed by atoms with Gasteiger partial charge < -0.3 is 5.32 Å². The standard InChI is InChI=1S/C16H23ClN2/c17-16-6-2-1-5-14(16)12-19(15-7-8-15)11-13-4-3-9-18-10-13/h1-2,5-6,13,15,18H,3-4,7-12H2. The second kappa shape index (κ2) is 6.25.